The average molecular weight is 405 g/mol. The minimum atomic E-state index is -3.60. The van der Waals surface area contributed by atoms with Gasteiger partial charge >= 0.3 is 0 Å². The van der Waals surface area contributed by atoms with Crippen molar-refractivity contribution in [3.8, 4) is 0 Å². The van der Waals surface area contributed by atoms with Crippen LogP contribution in [0.2, 0.25) is 5.02 Å². The number of sulfonamides is 1. The van der Waals surface area contributed by atoms with Gasteiger partial charge in [0.15, 0.2) is 0 Å². The van der Waals surface area contributed by atoms with Crippen molar-refractivity contribution < 1.29 is 23.1 Å². The number of benzene rings is 1. The van der Waals surface area contributed by atoms with E-state index in [1.807, 2.05) is 0 Å². The highest BCUT2D eigenvalue weighted by molar-refractivity contribution is 7.89. The number of carbonyl (C=O) groups excluding carboxylic acids is 1. The van der Waals surface area contributed by atoms with Crippen molar-refractivity contribution in [3.05, 3.63) is 29.3 Å². The highest BCUT2D eigenvalue weighted by atomic mass is 35.5. The molecule has 26 heavy (non-hydrogen) atoms. The highest BCUT2D eigenvalue weighted by Gasteiger charge is 2.31. The fraction of sp³-hybridized carbons (Fsp3) is 0.588. The highest BCUT2D eigenvalue weighted by Crippen LogP contribution is 2.22. The molecule has 0 spiro atoms. The Labute approximate surface area is 159 Å². The molecule has 3 atom stereocenters. The molecule has 0 aliphatic carbocycles. The van der Waals surface area contributed by atoms with Gasteiger partial charge in [0, 0.05) is 18.0 Å². The standard InChI is InChI=1S/C17H25ClN2O5S/c1-2-17(22)20-15-8-5-13(25-16(15)11-21)9-10-19-26(23,24)14-6-3-12(18)4-7-14/h3-4,6-7,13,15-16,19,21H,2,5,8-11H2,1H3,(H,20,22)/t13-,15+,16+/m1/s1. The number of rotatable bonds is 8. The number of nitrogens with one attached hydrogen (secondary N) is 2. The first-order valence-electron chi connectivity index (χ1n) is 8.66. The van der Waals surface area contributed by atoms with Crippen LogP contribution < -0.4 is 10.0 Å². The zero-order valence-corrected chi connectivity index (χ0v) is 16.2. The molecule has 1 aliphatic rings. The van der Waals surface area contributed by atoms with E-state index in [0.29, 0.717) is 30.7 Å². The minimum Gasteiger partial charge on any atom is -0.394 e. The van der Waals surface area contributed by atoms with Crippen molar-refractivity contribution >= 4 is 27.5 Å². The first kappa shape index (κ1) is 21.1. The van der Waals surface area contributed by atoms with E-state index < -0.39 is 16.1 Å². The fourth-order valence-corrected chi connectivity index (χ4v) is 4.04. The number of aliphatic hydroxyl groups excluding tert-OH is 1. The molecular formula is C17H25ClN2O5S. The number of hydrogen-bond acceptors (Lipinski definition) is 5. The van der Waals surface area contributed by atoms with Gasteiger partial charge in [0.25, 0.3) is 0 Å². The molecule has 0 aromatic heterocycles. The summed E-state index contributed by atoms with van der Waals surface area (Å²) in [6.07, 6.45) is 1.59. The molecule has 1 aromatic rings. The van der Waals surface area contributed by atoms with Crippen LogP contribution in [-0.2, 0) is 19.6 Å². The molecule has 7 nitrogen and oxygen atoms in total. The minimum absolute atomic E-state index is 0.0776. The molecule has 1 saturated heterocycles. The molecule has 1 heterocycles. The topological polar surface area (TPSA) is 105 Å². The second kappa shape index (κ2) is 9.66. The second-order valence-electron chi connectivity index (χ2n) is 6.22. The third-order valence-corrected chi connectivity index (χ3v) is 6.07. The Hall–Kier alpha value is -1.19. The van der Waals surface area contributed by atoms with E-state index >= 15 is 0 Å². The molecule has 0 radical (unpaired) electrons. The SMILES string of the molecule is CCC(=O)N[C@H]1CC[C@H](CCNS(=O)(=O)c2ccc(Cl)cc2)O[C@H]1CO. The smallest absolute Gasteiger partial charge is 0.240 e. The van der Waals surface area contributed by atoms with E-state index in [0.717, 1.165) is 0 Å². The van der Waals surface area contributed by atoms with Gasteiger partial charge in [-0.15, -0.1) is 0 Å². The normalized spacial score (nSPS) is 23.6. The van der Waals surface area contributed by atoms with Crippen LogP contribution >= 0.6 is 11.6 Å². The maximum absolute atomic E-state index is 12.2. The van der Waals surface area contributed by atoms with E-state index in [1.165, 1.54) is 24.3 Å². The number of amides is 1. The van der Waals surface area contributed by atoms with Gasteiger partial charge < -0.3 is 15.2 Å². The Morgan fingerprint density at radius 3 is 2.62 bits per heavy atom. The summed E-state index contributed by atoms with van der Waals surface area (Å²) in [5.41, 5.74) is 0. The number of carbonyl (C=O) groups is 1. The Morgan fingerprint density at radius 1 is 1.31 bits per heavy atom. The van der Waals surface area contributed by atoms with Gasteiger partial charge in [0.2, 0.25) is 15.9 Å². The largest absolute Gasteiger partial charge is 0.394 e. The lowest BCUT2D eigenvalue weighted by Gasteiger charge is -2.36. The first-order valence-corrected chi connectivity index (χ1v) is 10.5. The molecule has 9 heteroatoms. The molecule has 2 rings (SSSR count). The molecule has 1 aromatic carbocycles. The van der Waals surface area contributed by atoms with Gasteiger partial charge in [-0.1, -0.05) is 18.5 Å². The molecule has 0 bridgehead atoms. The maximum Gasteiger partial charge on any atom is 0.240 e. The first-order chi connectivity index (χ1) is 12.4. The Bertz CT molecular complexity index is 696. The van der Waals surface area contributed by atoms with E-state index in [2.05, 4.69) is 10.0 Å². The van der Waals surface area contributed by atoms with Crippen molar-refractivity contribution in [3.63, 3.8) is 0 Å². The summed E-state index contributed by atoms with van der Waals surface area (Å²) in [5, 5.41) is 12.8. The van der Waals surface area contributed by atoms with E-state index in [1.54, 1.807) is 6.92 Å². The van der Waals surface area contributed by atoms with Crippen LogP contribution in [0.25, 0.3) is 0 Å². The molecule has 1 aliphatic heterocycles. The maximum atomic E-state index is 12.2. The predicted molar refractivity (Wildman–Crippen MR) is 98.5 cm³/mol. The predicted octanol–water partition coefficient (Wildman–Crippen LogP) is 1.44. The van der Waals surface area contributed by atoms with E-state index in [4.69, 9.17) is 16.3 Å². The Morgan fingerprint density at radius 2 is 2.00 bits per heavy atom. The second-order valence-corrected chi connectivity index (χ2v) is 8.43. The van der Waals surface area contributed by atoms with E-state index in [9.17, 15) is 18.3 Å². The third kappa shape index (κ3) is 5.92. The summed E-state index contributed by atoms with van der Waals surface area (Å²) >= 11 is 5.77. The van der Waals surface area contributed by atoms with Crippen LogP contribution in [0.3, 0.4) is 0 Å². The van der Waals surface area contributed by atoms with Gasteiger partial charge in [-0.05, 0) is 43.5 Å². The van der Waals surface area contributed by atoms with Crippen molar-refractivity contribution in [2.75, 3.05) is 13.2 Å². The Kier molecular flexibility index (Phi) is 7.85. The zero-order chi connectivity index (χ0) is 19.2. The van der Waals surface area contributed by atoms with Crippen molar-refractivity contribution in [2.24, 2.45) is 0 Å². The van der Waals surface area contributed by atoms with E-state index in [-0.39, 0.29) is 36.1 Å². The quantitative estimate of drug-likeness (QED) is 0.608. The summed E-state index contributed by atoms with van der Waals surface area (Å²) in [6, 6.07) is 5.73. The lowest BCUT2D eigenvalue weighted by Crippen LogP contribution is -2.51. The summed E-state index contributed by atoms with van der Waals surface area (Å²) in [7, 11) is -3.60. The average Bonchev–Trinajstić information content (AvgIpc) is 2.62. The third-order valence-electron chi connectivity index (χ3n) is 4.35. The zero-order valence-electron chi connectivity index (χ0n) is 14.7. The van der Waals surface area contributed by atoms with Gasteiger partial charge in [0.05, 0.1) is 23.6 Å². The molecular weight excluding hydrogens is 380 g/mol. The molecule has 0 unspecified atom stereocenters. The lowest BCUT2D eigenvalue weighted by atomic mass is 9.97. The van der Waals surface area contributed by atoms with Crippen molar-refractivity contribution in [1.82, 2.24) is 10.0 Å². The van der Waals surface area contributed by atoms with Crippen LogP contribution in [0.1, 0.15) is 32.6 Å². The van der Waals surface area contributed by atoms with Crippen LogP contribution in [0.5, 0.6) is 0 Å². The molecule has 1 amide bonds. The van der Waals surface area contributed by atoms with Gasteiger partial charge in [-0.2, -0.15) is 0 Å². The van der Waals surface area contributed by atoms with Gasteiger partial charge in [-0.3, -0.25) is 4.79 Å². The van der Waals surface area contributed by atoms with Crippen LogP contribution in [0, 0.1) is 0 Å². The summed E-state index contributed by atoms with van der Waals surface area (Å²) in [4.78, 5) is 11.7. The van der Waals surface area contributed by atoms with Crippen molar-refractivity contribution in [1.29, 1.82) is 0 Å². The fourth-order valence-electron chi connectivity index (χ4n) is 2.87. The lowest BCUT2D eigenvalue weighted by molar-refractivity contribution is -0.128. The monoisotopic (exact) mass is 404 g/mol. The van der Waals surface area contributed by atoms with Crippen molar-refractivity contribution in [2.45, 2.75) is 55.8 Å². The van der Waals surface area contributed by atoms with Gasteiger partial charge in [-0.25, -0.2) is 13.1 Å². The van der Waals surface area contributed by atoms with Crippen LogP contribution in [-0.4, -0.2) is 50.8 Å². The Balaban J connectivity index is 1.83. The number of halogens is 1. The number of ether oxygens (including phenoxy) is 1. The summed E-state index contributed by atoms with van der Waals surface area (Å²) in [6.45, 7) is 1.80. The van der Waals surface area contributed by atoms with Crippen LogP contribution in [0.15, 0.2) is 29.2 Å². The van der Waals surface area contributed by atoms with Gasteiger partial charge in [0.1, 0.15) is 6.10 Å². The summed E-state index contributed by atoms with van der Waals surface area (Å²) < 4.78 is 32.8. The van der Waals surface area contributed by atoms with Crippen LogP contribution in [0.4, 0.5) is 0 Å². The number of hydrogen-bond donors (Lipinski definition) is 3. The summed E-state index contributed by atoms with van der Waals surface area (Å²) in [5.74, 6) is -0.0776. The molecule has 3 N–H and O–H groups in total. The number of aliphatic hydroxyl groups is 1. The molecule has 146 valence electrons. The molecule has 0 saturated carbocycles. The molecule has 1 fully saturated rings.